The molecular formula is C80H46N2OS4. The predicted molar refractivity (Wildman–Crippen MR) is 381 cm³/mol. The molecule has 14 aromatic carbocycles. The normalized spacial score (nSPS) is 12.1. The van der Waals surface area contributed by atoms with Crippen LogP contribution >= 0.6 is 45.3 Å². The molecule has 0 N–H and O–H groups in total. The number of fused-ring (bicyclic) bond motifs is 19. The zero-order valence-electron chi connectivity index (χ0n) is 46.5. The minimum Gasteiger partial charge on any atom is -0.456 e. The van der Waals surface area contributed by atoms with Crippen molar-refractivity contribution in [1.29, 1.82) is 0 Å². The second-order valence-electron chi connectivity index (χ2n) is 22.7. The number of rotatable bonds is 8. The fraction of sp³-hybridized carbons (Fsp3) is 0. The molecule has 0 atom stereocenters. The van der Waals surface area contributed by atoms with Gasteiger partial charge in [-0.1, -0.05) is 164 Å². The van der Waals surface area contributed by atoms with Gasteiger partial charge < -0.3 is 14.2 Å². The molecule has 0 fully saturated rings. The van der Waals surface area contributed by atoms with Crippen LogP contribution in [0.25, 0.3) is 146 Å². The number of thiophene rings is 4. The summed E-state index contributed by atoms with van der Waals surface area (Å²) >= 11 is 7.63. The highest BCUT2D eigenvalue weighted by molar-refractivity contribution is 7.31. The van der Waals surface area contributed by atoms with Crippen LogP contribution in [0.3, 0.4) is 0 Å². The van der Waals surface area contributed by atoms with Crippen molar-refractivity contribution in [2.75, 3.05) is 9.80 Å². The number of benzene rings is 14. The first-order chi connectivity index (χ1) is 43.1. The van der Waals surface area contributed by atoms with E-state index in [2.05, 4.69) is 283 Å². The van der Waals surface area contributed by atoms with Gasteiger partial charge in [-0.05, 0) is 153 Å². The highest BCUT2D eigenvalue weighted by Crippen LogP contribution is 2.52. The van der Waals surface area contributed by atoms with Crippen molar-refractivity contribution in [3.05, 3.63) is 279 Å². The Kier molecular flexibility index (Phi) is 10.8. The number of hydrogen-bond acceptors (Lipinski definition) is 7. The summed E-state index contributed by atoms with van der Waals surface area (Å²) in [5.41, 5.74) is 13.2. The molecule has 0 saturated heterocycles. The largest absolute Gasteiger partial charge is 0.456 e. The first-order valence-electron chi connectivity index (χ1n) is 29.3. The van der Waals surface area contributed by atoms with Crippen molar-refractivity contribution < 1.29 is 4.42 Å². The summed E-state index contributed by atoms with van der Waals surface area (Å²) in [4.78, 5) is 4.87. The first-order valence-corrected chi connectivity index (χ1v) is 32.6. The molecule has 0 aliphatic rings. The average molecular weight is 1180 g/mol. The van der Waals surface area contributed by atoms with Crippen molar-refractivity contribution in [3.8, 4) is 22.3 Å². The SMILES string of the molecule is c1ccc(-c2ccc(N(c3cccc(-c4ccc5cc6c(cc5c4)sc4c6ccc5sc6c(N(c7ccccc7)c7ccc8c(c7)oc7ccccc78)cccc6c54)c3)c3cccc4c3sc3ccc5c6cc7ccccc7cc6sc5c34)cc2)cc1. The molecular weight excluding hydrogens is 1130 g/mol. The third kappa shape index (κ3) is 7.70. The maximum Gasteiger partial charge on any atom is 0.137 e. The molecule has 0 amide bonds. The standard InChI is InChI=1S/C80H46N2OS4/c1-3-14-47(15-4-1)48-30-32-56(33-31-48)82(68-26-13-24-64-75-71(85-78(64)68)38-36-61-65-42-50-16-7-8-17-51(50)44-73(65)86-79(61)75)57-21-11-18-49(41-57)52-28-29-53-43-66-62-37-39-72-76(80(62)87-74(66)45-54(53)40-52)63-23-12-25-67(77(63)84-72)81(55-19-5-2-6-20-55)58-34-35-60-59-22-9-10-27-69(59)83-70(60)46-58/h1-46H. The van der Waals surface area contributed by atoms with Crippen molar-refractivity contribution in [2.45, 2.75) is 0 Å². The Labute approximate surface area is 515 Å². The smallest absolute Gasteiger partial charge is 0.137 e. The van der Waals surface area contributed by atoms with Crippen LogP contribution in [0.15, 0.2) is 283 Å². The fourth-order valence-corrected chi connectivity index (χ4v) is 18.9. The van der Waals surface area contributed by atoms with E-state index in [-0.39, 0.29) is 0 Å². The van der Waals surface area contributed by atoms with Crippen LogP contribution in [0.1, 0.15) is 0 Å². The van der Waals surface area contributed by atoms with Gasteiger partial charge in [0.05, 0.1) is 20.8 Å². The molecule has 3 nitrogen and oxygen atoms in total. The molecule has 0 bridgehead atoms. The maximum atomic E-state index is 6.46. The minimum absolute atomic E-state index is 0.881. The van der Waals surface area contributed by atoms with Crippen LogP contribution in [-0.2, 0) is 0 Å². The van der Waals surface area contributed by atoms with E-state index in [4.69, 9.17) is 4.42 Å². The van der Waals surface area contributed by atoms with E-state index in [0.29, 0.717) is 0 Å². The maximum absolute atomic E-state index is 6.46. The van der Waals surface area contributed by atoms with E-state index in [0.717, 1.165) is 50.4 Å². The van der Waals surface area contributed by atoms with E-state index in [1.165, 1.54) is 130 Å². The zero-order chi connectivity index (χ0) is 56.8. The Hall–Kier alpha value is -10.1. The summed E-state index contributed by atoms with van der Waals surface area (Å²) in [5.74, 6) is 0. The van der Waals surface area contributed by atoms with Gasteiger partial charge in [0.15, 0.2) is 0 Å². The molecule has 0 radical (unpaired) electrons. The summed E-state index contributed by atoms with van der Waals surface area (Å²) < 4.78 is 16.9. The van der Waals surface area contributed by atoms with Crippen LogP contribution in [0.5, 0.6) is 0 Å². The van der Waals surface area contributed by atoms with E-state index in [9.17, 15) is 0 Å². The zero-order valence-corrected chi connectivity index (χ0v) is 49.8. The second-order valence-corrected chi connectivity index (χ2v) is 26.9. The molecule has 406 valence electrons. The molecule has 0 aliphatic carbocycles. The van der Waals surface area contributed by atoms with Crippen LogP contribution in [0.4, 0.5) is 34.1 Å². The Bertz CT molecular complexity index is 6030. The summed E-state index contributed by atoms with van der Waals surface area (Å²) in [7, 11) is 0. The van der Waals surface area contributed by atoms with Gasteiger partial charge in [-0.3, -0.25) is 0 Å². The summed E-state index contributed by atoms with van der Waals surface area (Å²) in [6, 6.07) is 103. The predicted octanol–water partition coefficient (Wildman–Crippen LogP) is 25.6. The van der Waals surface area contributed by atoms with Crippen LogP contribution in [0.2, 0.25) is 0 Å². The molecule has 19 aromatic rings. The molecule has 87 heavy (non-hydrogen) atoms. The van der Waals surface area contributed by atoms with E-state index in [1.807, 2.05) is 51.4 Å². The second kappa shape index (κ2) is 19.2. The van der Waals surface area contributed by atoms with Crippen LogP contribution in [0, 0.1) is 0 Å². The van der Waals surface area contributed by atoms with Crippen molar-refractivity contribution >= 4 is 204 Å². The molecule has 19 rings (SSSR count). The fourth-order valence-electron chi connectivity index (χ4n) is 13.7. The van der Waals surface area contributed by atoms with E-state index < -0.39 is 0 Å². The minimum atomic E-state index is 0.881. The first kappa shape index (κ1) is 49.2. The number of hydrogen-bond donors (Lipinski definition) is 0. The molecule has 0 saturated carbocycles. The monoisotopic (exact) mass is 1180 g/mol. The molecule has 0 aliphatic heterocycles. The van der Waals surface area contributed by atoms with Gasteiger partial charge in [0.25, 0.3) is 0 Å². The quantitative estimate of drug-likeness (QED) is 0.151. The molecule has 5 aromatic heterocycles. The molecule has 5 heterocycles. The van der Waals surface area contributed by atoms with Crippen molar-refractivity contribution in [1.82, 2.24) is 0 Å². The average Bonchev–Trinajstić information content (AvgIpc) is 3.50. The summed E-state index contributed by atoms with van der Waals surface area (Å²) in [5, 5.41) is 17.8. The summed E-state index contributed by atoms with van der Waals surface area (Å²) in [6.07, 6.45) is 0. The molecule has 0 unspecified atom stereocenters. The van der Waals surface area contributed by atoms with Gasteiger partial charge in [-0.15, -0.1) is 45.3 Å². The Morgan fingerprint density at radius 2 is 0.690 bits per heavy atom. The van der Waals surface area contributed by atoms with Crippen molar-refractivity contribution in [3.63, 3.8) is 0 Å². The number of furan rings is 1. The summed E-state index contributed by atoms with van der Waals surface area (Å²) in [6.45, 7) is 0. The van der Waals surface area contributed by atoms with Crippen LogP contribution in [-0.4, -0.2) is 0 Å². The van der Waals surface area contributed by atoms with Gasteiger partial charge in [-0.25, -0.2) is 0 Å². The number of nitrogens with zero attached hydrogens (tertiary/aromatic N) is 2. The lowest BCUT2D eigenvalue weighted by atomic mass is 9.99. The topological polar surface area (TPSA) is 19.6 Å². The lowest BCUT2D eigenvalue weighted by molar-refractivity contribution is 0.669. The molecule has 7 heteroatoms. The molecule has 0 spiro atoms. The third-order valence-electron chi connectivity index (χ3n) is 17.8. The van der Waals surface area contributed by atoms with Gasteiger partial charge in [-0.2, -0.15) is 0 Å². The van der Waals surface area contributed by atoms with Gasteiger partial charge in [0.1, 0.15) is 11.2 Å². The Morgan fingerprint density at radius 3 is 1.38 bits per heavy atom. The number of anilines is 6. The van der Waals surface area contributed by atoms with E-state index >= 15 is 0 Å². The third-order valence-corrected chi connectivity index (χ3v) is 22.5. The van der Waals surface area contributed by atoms with Gasteiger partial charge in [0.2, 0.25) is 0 Å². The lowest BCUT2D eigenvalue weighted by Crippen LogP contribution is -2.10. The van der Waals surface area contributed by atoms with Gasteiger partial charge in [0, 0.05) is 111 Å². The highest BCUT2D eigenvalue weighted by atomic mass is 32.1. The lowest BCUT2D eigenvalue weighted by Gasteiger charge is -2.27. The van der Waals surface area contributed by atoms with Gasteiger partial charge >= 0.3 is 0 Å². The van der Waals surface area contributed by atoms with Crippen molar-refractivity contribution in [2.24, 2.45) is 0 Å². The van der Waals surface area contributed by atoms with E-state index in [1.54, 1.807) is 0 Å². The Morgan fingerprint density at radius 1 is 0.230 bits per heavy atom. The highest BCUT2D eigenvalue weighted by Gasteiger charge is 2.24. The number of para-hydroxylation sites is 2. The van der Waals surface area contributed by atoms with Crippen LogP contribution < -0.4 is 9.80 Å². The Balaban J connectivity index is 0.725.